The van der Waals surface area contributed by atoms with Gasteiger partial charge in [0, 0.05) is 12.5 Å². The third-order valence-corrected chi connectivity index (χ3v) is 2.84. The molecular weight excluding hydrogens is 232 g/mol. The molecule has 0 saturated carbocycles. The van der Waals surface area contributed by atoms with Gasteiger partial charge in [-0.25, -0.2) is 0 Å². The monoisotopic (exact) mass is 240 g/mol. The molecule has 0 bridgehead atoms. The average Bonchev–Trinajstić information content (AvgIpc) is 2.84. The van der Waals surface area contributed by atoms with Gasteiger partial charge in [-0.1, -0.05) is 16.5 Å². The molecule has 2 aromatic heterocycles. The van der Waals surface area contributed by atoms with Gasteiger partial charge < -0.3 is 10.3 Å². The van der Waals surface area contributed by atoms with Gasteiger partial charge in [0.1, 0.15) is 0 Å². The fourth-order valence-electron chi connectivity index (χ4n) is 1.13. The van der Waals surface area contributed by atoms with E-state index < -0.39 is 4.92 Å². The van der Waals surface area contributed by atoms with Gasteiger partial charge in [-0.2, -0.15) is 4.98 Å². The zero-order valence-electron chi connectivity index (χ0n) is 8.12. The third kappa shape index (κ3) is 2.07. The number of nitrogens with zero attached hydrogens (tertiary/aromatic N) is 3. The Labute approximate surface area is 94.0 Å². The van der Waals surface area contributed by atoms with Crippen LogP contribution in [0.1, 0.15) is 5.82 Å². The number of nitrogens with two attached hydrogens (primary N) is 1. The summed E-state index contributed by atoms with van der Waals surface area (Å²) in [6, 6.07) is 3.00. The summed E-state index contributed by atoms with van der Waals surface area (Å²) in [5.74, 6) is 0.801. The summed E-state index contributed by atoms with van der Waals surface area (Å²) in [4.78, 5) is 14.7. The van der Waals surface area contributed by atoms with Crippen molar-refractivity contribution in [3.8, 4) is 10.8 Å². The van der Waals surface area contributed by atoms with E-state index in [-0.39, 0.29) is 5.00 Å². The zero-order valence-corrected chi connectivity index (χ0v) is 8.94. The lowest BCUT2D eigenvalue weighted by atomic mass is 10.4. The molecule has 0 fully saturated rings. The molecule has 2 rings (SSSR count). The van der Waals surface area contributed by atoms with Crippen molar-refractivity contribution >= 4 is 16.3 Å². The standard InChI is InChI=1S/C8H8N4O3S/c9-4-3-6-10-8(15-11-6)5-1-2-7(16-5)12(13)14/h1-2H,3-4,9H2. The van der Waals surface area contributed by atoms with Crippen LogP contribution < -0.4 is 5.73 Å². The number of nitro groups is 1. The number of hydrogen-bond donors (Lipinski definition) is 1. The molecule has 0 amide bonds. The average molecular weight is 240 g/mol. The molecule has 0 atom stereocenters. The van der Waals surface area contributed by atoms with Gasteiger partial charge >= 0.3 is 5.00 Å². The normalized spacial score (nSPS) is 10.6. The van der Waals surface area contributed by atoms with Crippen LogP contribution in [-0.2, 0) is 6.42 Å². The topological polar surface area (TPSA) is 108 Å². The van der Waals surface area contributed by atoms with E-state index in [9.17, 15) is 10.1 Å². The molecule has 0 aliphatic rings. The predicted molar refractivity (Wildman–Crippen MR) is 57.0 cm³/mol. The van der Waals surface area contributed by atoms with Crippen LogP contribution in [0.5, 0.6) is 0 Å². The van der Waals surface area contributed by atoms with Gasteiger partial charge in [0.25, 0.3) is 5.89 Å². The van der Waals surface area contributed by atoms with Crippen LogP contribution in [0.15, 0.2) is 16.7 Å². The van der Waals surface area contributed by atoms with Crippen LogP contribution in [0.3, 0.4) is 0 Å². The summed E-state index contributed by atoms with van der Waals surface area (Å²) in [6.07, 6.45) is 0.525. The van der Waals surface area contributed by atoms with E-state index in [0.717, 1.165) is 11.3 Å². The summed E-state index contributed by atoms with van der Waals surface area (Å²) in [5.41, 5.74) is 5.34. The molecule has 2 heterocycles. The molecular formula is C8H8N4O3S. The Morgan fingerprint density at radius 3 is 3.00 bits per heavy atom. The van der Waals surface area contributed by atoms with Crippen LogP contribution in [0.2, 0.25) is 0 Å². The summed E-state index contributed by atoms with van der Waals surface area (Å²) < 4.78 is 4.97. The summed E-state index contributed by atoms with van der Waals surface area (Å²) in [7, 11) is 0. The van der Waals surface area contributed by atoms with Crippen molar-refractivity contribution in [3.63, 3.8) is 0 Å². The molecule has 0 aromatic carbocycles. The number of rotatable bonds is 4. The zero-order chi connectivity index (χ0) is 11.5. The molecule has 2 aromatic rings. The Balaban J connectivity index is 2.24. The molecule has 0 aliphatic carbocycles. The van der Waals surface area contributed by atoms with E-state index in [1.165, 1.54) is 6.07 Å². The first-order valence-electron chi connectivity index (χ1n) is 4.48. The second kappa shape index (κ2) is 4.37. The van der Waals surface area contributed by atoms with Crippen LogP contribution in [-0.4, -0.2) is 21.6 Å². The minimum Gasteiger partial charge on any atom is -0.333 e. The second-order valence-corrected chi connectivity index (χ2v) is 4.01. The quantitative estimate of drug-likeness (QED) is 0.635. The van der Waals surface area contributed by atoms with Crippen molar-refractivity contribution in [1.82, 2.24) is 10.1 Å². The molecule has 0 aliphatic heterocycles. The molecule has 0 saturated heterocycles. The van der Waals surface area contributed by atoms with Gasteiger partial charge in [0.2, 0.25) is 0 Å². The molecule has 16 heavy (non-hydrogen) atoms. The lowest BCUT2D eigenvalue weighted by Gasteiger charge is -1.84. The van der Waals surface area contributed by atoms with Crippen molar-refractivity contribution in [1.29, 1.82) is 0 Å². The van der Waals surface area contributed by atoms with E-state index in [1.54, 1.807) is 6.07 Å². The van der Waals surface area contributed by atoms with Gasteiger partial charge in [-0.05, 0) is 12.6 Å². The highest BCUT2D eigenvalue weighted by atomic mass is 32.1. The summed E-state index contributed by atoms with van der Waals surface area (Å²) in [6.45, 7) is 0.434. The molecule has 0 spiro atoms. The summed E-state index contributed by atoms with van der Waals surface area (Å²) >= 11 is 0.999. The fourth-order valence-corrected chi connectivity index (χ4v) is 1.87. The highest BCUT2D eigenvalue weighted by molar-refractivity contribution is 7.18. The van der Waals surface area contributed by atoms with Crippen LogP contribution in [0, 0.1) is 10.1 Å². The van der Waals surface area contributed by atoms with Crippen LogP contribution >= 0.6 is 11.3 Å². The Morgan fingerprint density at radius 2 is 2.38 bits per heavy atom. The lowest BCUT2D eigenvalue weighted by Crippen LogP contribution is -2.03. The second-order valence-electron chi connectivity index (χ2n) is 2.95. The van der Waals surface area contributed by atoms with E-state index in [0.29, 0.717) is 29.6 Å². The highest BCUT2D eigenvalue weighted by Crippen LogP contribution is 2.31. The minimum atomic E-state index is -0.453. The Bertz CT molecular complexity index is 507. The van der Waals surface area contributed by atoms with E-state index >= 15 is 0 Å². The van der Waals surface area contributed by atoms with Gasteiger partial charge in [-0.15, -0.1) is 0 Å². The Kier molecular flexibility index (Phi) is 2.93. The van der Waals surface area contributed by atoms with Crippen molar-refractivity contribution in [2.75, 3.05) is 6.54 Å². The third-order valence-electron chi connectivity index (χ3n) is 1.82. The largest absolute Gasteiger partial charge is 0.333 e. The smallest absolute Gasteiger partial charge is 0.324 e. The Morgan fingerprint density at radius 1 is 1.56 bits per heavy atom. The number of hydrogen-bond acceptors (Lipinski definition) is 7. The molecule has 0 radical (unpaired) electrons. The SMILES string of the molecule is NCCc1noc(-c2ccc([N+](=O)[O-])s2)n1. The van der Waals surface area contributed by atoms with Crippen molar-refractivity contribution in [2.45, 2.75) is 6.42 Å². The first-order chi connectivity index (χ1) is 7.70. The lowest BCUT2D eigenvalue weighted by molar-refractivity contribution is -0.380. The maximum Gasteiger partial charge on any atom is 0.324 e. The van der Waals surface area contributed by atoms with Crippen molar-refractivity contribution in [2.24, 2.45) is 5.73 Å². The van der Waals surface area contributed by atoms with Gasteiger partial charge in [0.05, 0.1) is 9.80 Å². The molecule has 84 valence electrons. The molecule has 2 N–H and O–H groups in total. The Hall–Kier alpha value is -1.80. The molecule has 7 nitrogen and oxygen atoms in total. The minimum absolute atomic E-state index is 0.0496. The van der Waals surface area contributed by atoms with Crippen LogP contribution in [0.4, 0.5) is 5.00 Å². The van der Waals surface area contributed by atoms with Crippen LogP contribution in [0.25, 0.3) is 10.8 Å². The summed E-state index contributed by atoms with van der Waals surface area (Å²) in [5, 5.41) is 14.2. The van der Waals surface area contributed by atoms with Gasteiger partial charge in [-0.3, -0.25) is 10.1 Å². The van der Waals surface area contributed by atoms with E-state index in [1.807, 2.05) is 0 Å². The predicted octanol–water partition coefficient (Wildman–Crippen LogP) is 1.21. The first-order valence-corrected chi connectivity index (χ1v) is 5.29. The molecule has 0 unspecified atom stereocenters. The number of aromatic nitrogens is 2. The molecule has 8 heteroatoms. The van der Waals surface area contributed by atoms with Gasteiger partial charge in [0.15, 0.2) is 5.82 Å². The highest BCUT2D eigenvalue weighted by Gasteiger charge is 2.15. The van der Waals surface area contributed by atoms with E-state index in [4.69, 9.17) is 10.3 Å². The first kappa shape index (κ1) is 10.7. The fraction of sp³-hybridized carbons (Fsp3) is 0.250. The number of thiophene rings is 1. The maximum absolute atomic E-state index is 10.5. The van der Waals surface area contributed by atoms with E-state index in [2.05, 4.69) is 10.1 Å². The van der Waals surface area contributed by atoms with Crippen molar-refractivity contribution in [3.05, 3.63) is 28.1 Å². The maximum atomic E-state index is 10.5. The van der Waals surface area contributed by atoms with Crippen molar-refractivity contribution < 1.29 is 9.45 Å².